The Balaban J connectivity index is 2.33. The molecule has 0 aromatic heterocycles. The fraction of sp³-hybridized carbons (Fsp3) is 0.800. The van der Waals surface area contributed by atoms with Gasteiger partial charge in [0, 0.05) is 12.3 Å². The summed E-state index contributed by atoms with van der Waals surface area (Å²) in [6.45, 7) is 1.99. The standard InChI is InChI=1S/C20H36O4/c1-2-16(22)11-7-6-9-13-18-17(19(23)15-20(18)24)12-8-4-3-5-10-14-21/h9-10,13-14,16-24H,2-8,11-12,15H2,1H3. The lowest BCUT2D eigenvalue weighted by atomic mass is 9.88. The Morgan fingerprint density at radius 2 is 1.75 bits per heavy atom. The summed E-state index contributed by atoms with van der Waals surface area (Å²) in [7, 11) is 0. The molecule has 0 aliphatic heterocycles. The second kappa shape index (κ2) is 12.5. The van der Waals surface area contributed by atoms with Gasteiger partial charge in [0.15, 0.2) is 0 Å². The van der Waals surface area contributed by atoms with Gasteiger partial charge in [-0.15, -0.1) is 0 Å². The first-order chi connectivity index (χ1) is 11.6. The maximum atomic E-state index is 10.2. The highest BCUT2D eigenvalue weighted by Gasteiger charge is 2.39. The number of allylic oxidation sites excluding steroid dienone is 2. The molecule has 4 heteroatoms. The van der Waals surface area contributed by atoms with Crippen molar-refractivity contribution in [1.82, 2.24) is 0 Å². The molecule has 0 aromatic carbocycles. The zero-order valence-electron chi connectivity index (χ0n) is 15.1. The molecule has 1 fully saturated rings. The van der Waals surface area contributed by atoms with Crippen LogP contribution in [-0.2, 0) is 0 Å². The van der Waals surface area contributed by atoms with Crippen LogP contribution in [0.15, 0.2) is 24.5 Å². The third-order valence-electron chi connectivity index (χ3n) is 5.17. The van der Waals surface area contributed by atoms with Crippen LogP contribution in [0.2, 0.25) is 0 Å². The molecule has 4 nitrogen and oxygen atoms in total. The van der Waals surface area contributed by atoms with E-state index in [-0.39, 0.29) is 17.9 Å². The van der Waals surface area contributed by atoms with Gasteiger partial charge >= 0.3 is 0 Å². The average molecular weight is 341 g/mol. The van der Waals surface area contributed by atoms with Gasteiger partial charge in [0.2, 0.25) is 0 Å². The third-order valence-corrected chi connectivity index (χ3v) is 5.17. The van der Waals surface area contributed by atoms with Crippen molar-refractivity contribution in [2.24, 2.45) is 11.8 Å². The second-order valence-corrected chi connectivity index (χ2v) is 7.06. The minimum Gasteiger partial charge on any atom is -0.516 e. The number of aliphatic hydroxyl groups is 4. The molecule has 5 unspecified atom stereocenters. The zero-order valence-corrected chi connectivity index (χ0v) is 15.1. The Bertz CT molecular complexity index is 367. The lowest BCUT2D eigenvalue weighted by molar-refractivity contribution is 0.115. The highest BCUT2D eigenvalue weighted by Crippen LogP contribution is 2.37. The number of unbranched alkanes of at least 4 members (excludes halogenated alkanes) is 4. The van der Waals surface area contributed by atoms with E-state index in [1.807, 2.05) is 6.92 Å². The smallest absolute Gasteiger partial charge is 0.0751 e. The number of hydrogen-bond donors (Lipinski definition) is 4. The van der Waals surface area contributed by atoms with Crippen LogP contribution >= 0.6 is 0 Å². The van der Waals surface area contributed by atoms with Gasteiger partial charge in [0.05, 0.1) is 24.6 Å². The van der Waals surface area contributed by atoms with Gasteiger partial charge in [0.25, 0.3) is 0 Å². The summed E-state index contributed by atoms with van der Waals surface area (Å²) in [5.74, 6) is 0.194. The molecule has 1 saturated carbocycles. The van der Waals surface area contributed by atoms with E-state index < -0.39 is 12.2 Å². The Morgan fingerprint density at radius 3 is 2.46 bits per heavy atom. The Kier molecular flexibility index (Phi) is 11.1. The van der Waals surface area contributed by atoms with Gasteiger partial charge in [-0.3, -0.25) is 0 Å². The van der Waals surface area contributed by atoms with Gasteiger partial charge in [-0.25, -0.2) is 0 Å². The quantitative estimate of drug-likeness (QED) is 0.247. The van der Waals surface area contributed by atoms with Crippen molar-refractivity contribution in [3.63, 3.8) is 0 Å². The van der Waals surface area contributed by atoms with Crippen LogP contribution in [0.25, 0.3) is 0 Å². The topological polar surface area (TPSA) is 80.9 Å². The van der Waals surface area contributed by atoms with E-state index in [0.717, 1.165) is 64.0 Å². The SMILES string of the molecule is CCC(O)CCCC=CC1C(O)CC(O)C1CCCCCC=CO. The lowest BCUT2D eigenvalue weighted by Crippen LogP contribution is -2.20. The minimum absolute atomic E-state index is 0.0495. The van der Waals surface area contributed by atoms with Crippen LogP contribution in [0, 0.1) is 11.8 Å². The molecule has 1 aliphatic rings. The first kappa shape index (κ1) is 21.2. The summed E-state index contributed by atoms with van der Waals surface area (Å²) >= 11 is 0. The van der Waals surface area contributed by atoms with Crippen LogP contribution < -0.4 is 0 Å². The minimum atomic E-state index is -0.445. The van der Waals surface area contributed by atoms with Gasteiger partial charge in [-0.1, -0.05) is 38.0 Å². The molecule has 4 N–H and O–H groups in total. The Hall–Kier alpha value is -0.840. The summed E-state index contributed by atoms with van der Waals surface area (Å²) in [5, 5.41) is 38.5. The normalized spacial score (nSPS) is 29.0. The molecule has 0 aromatic rings. The molecular weight excluding hydrogens is 304 g/mol. The zero-order chi connectivity index (χ0) is 17.8. The maximum Gasteiger partial charge on any atom is 0.0751 e. The fourth-order valence-electron chi connectivity index (χ4n) is 3.60. The van der Waals surface area contributed by atoms with Crippen LogP contribution in [0.3, 0.4) is 0 Å². The summed E-state index contributed by atoms with van der Waals surface area (Å²) in [5.41, 5.74) is 0. The molecule has 5 atom stereocenters. The van der Waals surface area contributed by atoms with E-state index in [0.29, 0.717) is 6.42 Å². The molecule has 24 heavy (non-hydrogen) atoms. The largest absolute Gasteiger partial charge is 0.516 e. The lowest BCUT2D eigenvalue weighted by Gasteiger charge is -2.20. The number of hydrogen-bond acceptors (Lipinski definition) is 4. The first-order valence-corrected chi connectivity index (χ1v) is 9.60. The Morgan fingerprint density at radius 1 is 1.00 bits per heavy atom. The highest BCUT2D eigenvalue weighted by atomic mass is 16.3. The van der Waals surface area contributed by atoms with Crippen molar-refractivity contribution in [1.29, 1.82) is 0 Å². The molecule has 0 heterocycles. The van der Waals surface area contributed by atoms with Gasteiger partial charge in [-0.2, -0.15) is 0 Å². The first-order valence-electron chi connectivity index (χ1n) is 9.60. The molecular formula is C20H36O4. The van der Waals surface area contributed by atoms with Crippen LogP contribution in [0.4, 0.5) is 0 Å². The highest BCUT2D eigenvalue weighted by molar-refractivity contribution is 5.02. The third kappa shape index (κ3) is 7.82. The molecule has 1 rings (SSSR count). The predicted molar refractivity (Wildman–Crippen MR) is 97.8 cm³/mol. The Labute approximate surface area is 146 Å². The van der Waals surface area contributed by atoms with Gasteiger partial charge in [0.1, 0.15) is 0 Å². The molecule has 140 valence electrons. The van der Waals surface area contributed by atoms with E-state index >= 15 is 0 Å². The summed E-state index contributed by atoms with van der Waals surface area (Å²) in [6, 6.07) is 0. The van der Waals surface area contributed by atoms with Crippen molar-refractivity contribution in [2.75, 3.05) is 0 Å². The summed E-state index contributed by atoms with van der Waals surface area (Å²) in [4.78, 5) is 0. The van der Waals surface area contributed by atoms with Crippen molar-refractivity contribution in [2.45, 2.75) is 89.4 Å². The monoisotopic (exact) mass is 340 g/mol. The molecule has 0 amide bonds. The van der Waals surface area contributed by atoms with E-state index in [9.17, 15) is 15.3 Å². The number of aliphatic hydroxyl groups excluding tert-OH is 4. The van der Waals surface area contributed by atoms with Gasteiger partial charge in [-0.05, 0) is 50.9 Å². The van der Waals surface area contributed by atoms with Crippen LogP contribution in [0.1, 0.15) is 71.1 Å². The van der Waals surface area contributed by atoms with E-state index in [4.69, 9.17) is 5.11 Å². The second-order valence-electron chi connectivity index (χ2n) is 7.06. The fourth-order valence-corrected chi connectivity index (χ4v) is 3.60. The van der Waals surface area contributed by atoms with Crippen LogP contribution in [-0.4, -0.2) is 38.7 Å². The van der Waals surface area contributed by atoms with Crippen molar-refractivity contribution >= 4 is 0 Å². The van der Waals surface area contributed by atoms with Crippen molar-refractivity contribution < 1.29 is 20.4 Å². The molecule has 0 saturated heterocycles. The summed E-state index contributed by atoms with van der Waals surface area (Å²) in [6.07, 6.45) is 14.9. The van der Waals surface area contributed by atoms with E-state index in [2.05, 4.69) is 12.2 Å². The molecule has 0 bridgehead atoms. The molecule has 1 aliphatic carbocycles. The number of rotatable bonds is 12. The van der Waals surface area contributed by atoms with E-state index in [1.54, 1.807) is 6.08 Å². The summed E-state index contributed by atoms with van der Waals surface area (Å²) < 4.78 is 0. The average Bonchev–Trinajstić information content (AvgIpc) is 2.83. The maximum absolute atomic E-state index is 10.2. The molecule has 0 spiro atoms. The van der Waals surface area contributed by atoms with Gasteiger partial charge < -0.3 is 20.4 Å². The van der Waals surface area contributed by atoms with Crippen molar-refractivity contribution in [3.05, 3.63) is 24.5 Å². The van der Waals surface area contributed by atoms with Crippen LogP contribution in [0.5, 0.6) is 0 Å². The predicted octanol–water partition coefficient (Wildman–Crippen LogP) is 3.86. The van der Waals surface area contributed by atoms with Crippen molar-refractivity contribution in [3.8, 4) is 0 Å². The van der Waals surface area contributed by atoms with E-state index in [1.165, 1.54) is 0 Å². The molecule has 0 radical (unpaired) electrons.